The standard InChI is InChI=1S/C30H31FN2O3/c1-35-24-15-22(16-25(17-24)36-2)27(18-30(34)32-13-5-6-14-32)28-20-33(29-8-4-3-7-26(28)29)19-21-9-11-23(31)12-10-21/h3-4,7-12,15-17,20,27H,5-6,13-14,18-19H2,1-2H3/t27-/m0/s1. The molecule has 3 aromatic carbocycles. The highest BCUT2D eigenvalue weighted by Gasteiger charge is 2.27. The third-order valence-corrected chi connectivity index (χ3v) is 7.07. The van der Waals surface area contributed by atoms with E-state index in [-0.39, 0.29) is 17.6 Å². The molecule has 1 atom stereocenters. The van der Waals surface area contributed by atoms with E-state index in [0.29, 0.717) is 24.5 Å². The van der Waals surface area contributed by atoms with E-state index in [1.54, 1.807) is 14.2 Å². The Kier molecular flexibility index (Phi) is 6.94. The summed E-state index contributed by atoms with van der Waals surface area (Å²) in [5, 5.41) is 1.10. The number of para-hydroxylation sites is 1. The van der Waals surface area contributed by atoms with Crippen LogP contribution in [0.1, 0.15) is 41.9 Å². The van der Waals surface area contributed by atoms with Gasteiger partial charge in [0, 0.05) is 55.1 Å². The second kappa shape index (κ2) is 10.4. The van der Waals surface area contributed by atoms with Crippen molar-refractivity contribution in [1.29, 1.82) is 0 Å². The molecular weight excluding hydrogens is 455 g/mol. The zero-order valence-corrected chi connectivity index (χ0v) is 20.7. The Morgan fingerprint density at radius 1 is 0.944 bits per heavy atom. The number of ether oxygens (including phenoxy) is 2. The van der Waals surface area contributed by atoms with Crippen molar-refractivity contribution in [1.82, 2.24) is 9.47 Å². The maximum atomic E-state index is 13.5. The highest BCUT2D eigenvalue weighted by atomic mass is 19.1. The molecule has 0 bridgehead atoms. The van der Waals surface area contributed by atoms with E-state index in [0.717, 1.165) is 53.5 Å². The molecule has 5 nitrogen and oxygen atoms in total. The normalized spacial score (nSPS) is 14.2. The maximum Gasteiger partial charge on any atom is 0.223 e. The number of likely N-dealkylation sites (tertiary alicyclic amines) is 1. The van der Waals surface area contributed by atoms with Crippen LogP contribution in [0.3, 0.4) is 0 Å². The topological polar surface area (TPSA) is 43.7 Å². The van der Waals surface area contributed by atoms with Crippen LogP contribution in [0.4, 0.5) is 4.39 Å². The molecule has 0 spiro atoms. The molecule has 0 N–H and O–H groups in total. The first-order valence-corrected chi connectivity index (χ1v) is 12.4. The van der Waals surface area contributed by atoms with Crippen molar-refractivity contribution in [2.24, 2.45) is 0 Å². The average Bonchev–Trinajstić information content (AvgIpc) is 3.57. The molecule has 5 rings (SSSR count). The quantitative estimate of drug-likeness (QED) is 0.307. The van der Waals surface area contributed by atoms with Gasteiger partial charge in [0.1, 0.15) is 17.3 Å². The fraction of sp³-hybridized carbons (Fsp3) is 0.300. The third-order valence-electron chi connectivity index (χ3n) is 7.07. The van der Waals surface area contributed by atoms with Crippen LogP contribution in [-0.2, 0) is 11.3 Å². The average molecular weight is 487 g/mol. The van der Waals surface area contributed by atoms with Gasteiger partial charge < -0.3 is 18.9 Å². The number of fused-ring (bicyclic) bond motifs is 1. The molecule has 36 heavy (non-hydrogen) atoms. The van der Waals surface area contributed by atoms with Crippen LogP contribution in [-0.4, -0.2) is 42.7 Å². The number of carbonyl (C=O) groups excluding carboxylic acids is 1. The second-order valence-corrected chi connectivity index (χ2v) is 9.35. The number of amides is 1. The minimum absolute atomic E-state index is 0.162. The molecule has 0 unspecified atom stereocenters. The minimum Gasteiger partial charge on any atom is -0.497 e. The molecule has 0 saturated carbocycles. The first-order chi connectivity index (χ1) is 17.6. The molecule has 2 heterocycles. The van der Waals surface area contributed by atoms with Gasteiger partial charge >= 0.3 is 0 Å². The molecule has 1 aromatic heterocycles. The van der Waals surface area contributed by atoms with Gasteiger partial charge in [0.25, 0.3) is 0 Å². The summed E-state index contributed by atoms with van der Waals surface area (Å²) < 4.78 is 26.8. The molecule has 1 fully saturated rings. The summed E-state index contributed by atoms with van der Waals surface area (Å²) in [6.07, 6.45) is 4.61. The summed E-state index contributed by atoms with van der Waals surface area (Å²) >= 11 is 0. The first-order valence-electron chi connectivity index (χ1n) is 12.4. The fourth-order valence-corrected chi connectivity index (χ4v) is 5.18. The maximum absolute atomic E-state index is 13.5. The number of hydrogen-bond donors (Lipinski definition) is 0. The number of halogens is 1. The van der Waals surface area contributed by atoms with Gasteiger partial charge in [-0.15, -0.1) is 0 Å². The van der Waals surface area contributed by atoms with Crippen LogP contribution in [0.5, 0.6) is 11.5 Å². The number of methoxy groups -OCH3 is 2. The van der Waals surface area contributed by atoms with Gasteiger partial charge in [-0.3, -0.25) is 4.79 Å². The van der Waals surface area contributed by atoms with E-state index in [2.05, 4.69) is 22.9 Å². The Morgan fingerprint density at radius 3 is 2.28 bits per heavy atom. The van der Waals surface area contributed by atoms with E-state index < -0.39 is 0 Å². The molecule has 0 aliphatic carbocycles. The van der Waals surface area contributed by atoms with Crippen molar-refractivity contribution < 1.29 is 18.7 Å². The lowest BCUT2D eigenvalue weighted by Crippen LogP contribution is -2.29. The van der Waals surface area contributed by atoms with Gasteiger partial charge in [-0.1, -0.05) is 30.3 Å². The molecule has 0 radical (unpaired) electrons. The molecular formula is C30H31FN2O3. The van der Waals surface area contributed by atoms with Gasteiger partial charge in [0.2, 0.25) is 5.91 Å². The summed E-state index contributed by atoms with van der Waals surface area (Å²) in [6, 6.07) is 20.7. The molecule has 1 aliphatic heterocycles. The highest BCUT2D eigenvalue weighted by Crippen LogP contribution is 2.38. The van der Waals surface area contributed by atoms with Gasteiger partial charge in [0.05, 0.1) is 14.2 Å². The SMILES string of the molecule is COc1cc(OC)cc([C@H](CC(=O)N2CCCC2)c2cn(Cc3ccc(F)cc3)c3ccccc23)c1. The number of carbonyl (C=O) groups is 1. The Morgan fingerprint density at radius 2 is 1.61 bits per heavy atom. The van der Waals surface area contributed by atoms with Crippen molar-refractivity contribution in [3.05, 3.63) is 95.4 Å². The van der Waals surface area contributed by atoms with E-state index in [4.69, 9.17) is 9.47 Å². The first kappa shape index (κ1) is 23.9. The van der Waals surface area contributed by atoms with Crippen molar-refractivity contribution in [2.45, 2.75) is 31.7 Å². The Balaban J connectivity index is 1.61. The summed E-state index contributed by atoms with van der Waals surface area (Å²) in [5.74, 6) is 1.12. The van der Waals surface area contributed by atoms with E-state index >= 15 is 0 Å². The van der Waals surface area contributed by atoms with Crippen LogP contribution in [0.25, 0.3) is 10.9 Å². The Bertz CT molecular complexity index is 1330. The summed E-state index contributed by atoms with van der Waals surface area (Å²) in [4.78, 5) is 15.4. The van der Waals surface area contributed by atoms with Crippen LogP contribution in [0.2, 0.25) is 0 Å². The van der Waals surface area contributed by atoms with Crippen LogP contribution in [0.15, 0.2) is 72.9 Å². The van der Waals surface area contributed by atoms with Crippen LogP contribution in [0, 0.1) is 5.82 Å². The fourth-order valence-electron chi connectivity index (χ4n) is 5.18. The monoisotopic (exact) mass is 486 g/mol. The number of aromatic nitrogens is 1. The molecule has 4 aromatic rings. The van der Waals surface area contributed by atoms with Gasteiger partial charge in [-0.25, -0.2) is 4.39 Å². The van der Waals surface area contributed by atoms with Gasteiger partial charge in [0.15, 0.2) is 0 Å². The van der Waals surface area contributed by atoms with Crippen molar-refractivity contribution in [3.63, 3.8) is 0 Å². The number of hydrogen-bond acceptors (Lipinski definition) is 3. The van der Waals surface area contributed by atoms with Crippen LogP contribution < -0.4 is 9.47 Å². The van der Waals surface area contributed by atoms with Gasteiger partial charge in [-0.05, 0) is 59.9 Å². The predicted molar refractivity (Wildman–Crippen MR) is 139 cm³/mol. The summed E-state index contributed by atoms with van der Waals surface area (Å²) in [6.45, 7) is 2.24. The third kappa shape index (κ3) is 4.94. The second-order valence-electron chi connectivity index (χ2n) is 9.35. The van der Waals surface area contributed by atoms with Crippen LogP contribution >= 0.6 is 0 Å². The molecule has 1 aliphatic rings. The Hall–Kier alpha value is -3.80. The highest BCUT2D eigenvalue weighted by molar-refractivity contribution is 5.87. The number of rotatable bonds is 8. The Labute approximate surface area is 211 Å². The van der Waals surface area contributed by atoms with Crippen molar-refractivity contribution >= 4 is 16.8 Å². The lowest BCUT2D eigenvalue weighted by atomic mass is 9.87. The van der Waals surface area contributed by atoms with E-state index in [1.807, 2.05) is 47.4 Å². The minimum atomic E-state index is -0.246. The van der Waals surface area contributed by atoms with Gasteiger partial charge in [-0.2, -0.15) is 0 Å². The number of nitrogens with zero attached hydrogens (tertiary/aromatic N) is 2. The molecule has 186 valence electrons. The molecule has 1 saturated heterocycles. The zero-order valence-electron chi connectivity index (χ0n) is 20.7. The lowest BCUT2D eigenvalue weighted by Gasteiger charge is -2.22. The van der Waals surface area contributed by atoms with E-state index in [9.17, 15) is 9.18 Å². The zero-order chi connectivity index (χ0) is 25.1. The summed E-state index contributed by atoms with van der Waals surface area (Å²) in [7, 11) is 3.27. The van der Waals surface area contributed by atoms with Crippen molar-refractivity contribution in [2.75, 3.05) is 27.3 Å². The molecule has 6 heteroatoms. The lowest BCUT2D eigenvalue weighted by molar-refractivity contribution is -0.130. The predicted octanol–water partition coefficient (Wildman–Crippen LogP) is 5.99. The van der Waals surface area contributed by atoms with Crippen molar-refractivity contribution in [3.8, 4) is 11.5 Å². The molecule has 1 amide bonds. The smallest absolute Gasteiger partial charge is 0.223 e. The summed E-state index contributed by atoms with van der Waals surface area (Å²) in [5.41, 5.74) is 4.14. The van der Waals surface area contributed by atoms with E-state index in [1.165, 1.54) is 12.1 Å². The largest absolute Gasteiger partial charge is 0.497 e. The number of benzene rings is 3.